The maximum absolute atomic E-state index is 13.3. The quantitative estimate of drug-likeness (QED) is 0.249. The highest BCUT2D eigenvalue weighted by molar-refractivity contribution is 6.06. The average molecular weight is 536 g/mol. The van der Waals surface area contributed by atoms with Crippen LogP contribution in [0, 0.1) is 6.92 Å². The highest BCUT2D eigenvalue weighted by Crippen LogP contribution is 2.30. The Kier molecular flexibility index (Phi) is 8.63. The predicted octanol–water partition coefficient (Wildman–Crippen LogP) is 7.23. The molecule has 0 aliphatic rings. The van der Waals surface area contributed by atoms with E-state index in [4.69, 9.17) is 4.98 Å². The third-order valence-corrected chi connectivity index (χ3v) is 6.93. The number of nitrogens with zero attached hydrogens (tertiary/aromatic N) is 3. The summed E-state index contributed by atoms with van der Waals surface area (Å²) in [7, 11) is 0. The van der Waals surface area contributed by atoms with Gasteiger partial charge in [0.05, 0.1) is 5.69 Å². The summed E-state index contributed by atoms with van der Waals surface area (Å²) in [6.07, 6.45) is 1.70. The number of nitrogens with one attached hydrogen (secondary N) is 2. The van der Waals surface area contributed by atoms with Crippen molar-refractivity contribution >= 4 is 29.1 Å². The summed E-state index contributed by atoms with van der Waals surface area (Å²) in [5, 5.41) is 6.33. The van der Waals surface area contributed by atoms with E-state index in [2.05, 4.69) is 36.4 Å². The predicted molar refractivity (Wildman–Crippen MR) is 162 cm³/mol. The fraction of sp³-hybridized carbons (Fsp3) is 0.273. The molecular formula is C33H37N5O2. The van der Waals surface area contributed by atoms with Crippen LogP contribution >= 0.6 is 0 Å². The van der Waals surface area contributed by atoms with E-state index >= 15 is 0 Å². The Morgan fingerprint density at radius 1 is 0.875 bits per heavy atom. The summed E-state index contributed by atoms with van der Waals surface area (Å²) in [6.45, 7) is 13.6. The van der Waals surface area contributed by atoms with Crippen LogP contribution in [0.3, 0.4) is 0 Å². The first-order valence-corrected chi connectivity index (χ1v) is 13.6. The van der Waals surface area contributed by atoms with Crippen LogP contribution in [0.4, 0.5) is 17.3 Å². The molecule has 0 fully saturated rings. The van der Waals surface area contributed by atoms with Gasteiger partial charge in [-0.2, -0.15) is 0 Å². The van der Waals surface area contributed by atoms with Gasteiger partial charge in [-0.25, -0.2) is 9.97 Å². The van der Waals surface area contributed by atoms with Crippen LogP contribution in [-0.2, 0) is 5.41 Å². The third-order valence-electron chi connectivity index (χ3n) is 6.93. The van der Waals surface area contributed by atoms with E-state index in [1.165, 1.54) is 0 Å². The number of carbonyl (C=O) groups is 2. The topological polar surface area (TPSA) is 87.2 Å². The molecule has 0 aliphatic heterocycles. The molecule has 0 spiro atoms. The van der Waals surface area contributed by atoms with Gasteiger partial charge in [0.2, 0.25) is 5.95 Å². The van der Waals surface area contributed by atoms with Gasteiger partial charge in [0.1, 0.15) is 0 Å². The number of amides is 2. The summed E-state index contributed by atoms with van der Waals surface area (Å²) < 4.78 is 0. The smallest absolute Gasteiger partial charge is 0.255 e. The molecule has 0 unspecified atom stereocenters. The van der Waals surface area contributed by atoms with Crippen molar-refractivity contribution in [2.45, 2.75) is 47.0 Å². The first kappa shape index (κ1) is 28.5. The Morgan fingerprint density at radius 2 is 1.57 bits per heavy atom. The number of carbonyl (C=O) groups excluding carboxylic acids is 2. The third kappa shape index (κ3) is 6.37. The zero-order valence-electron chi connectivity index (χ0n) is 24.1. The van der Waals surface area contributed by atoms with Gasteiger partial charge >= 0.3 is 0 Å². The summed E-state index contributed by atoms with van der Waals surface area (Å²) in [6, 6.07) is 22.7. The van der Waals surface area contributed by atoms with E-state index in [1.807, 2.05) is 81.4 Å². The van der Waals surface area contributed by atoms with Crippen molar-refractivity contribution in [3.63, 3.8) is 0 Å². The molecule has 2 amide bonds. The van der Waals surface area contributed by atoms with Crippen molar-refractivity contribution in [3.8, 4) is 11.3 Å². The molecule has 0 radical (unpaired) electrons. The van der Waals surface area contributed by atoms with E-state index in [-0.39, 0.29) is 17.2 Å². The number of hydrogen-bond acceptors (Lipinski definition) is 5. The highest BCUT2D eigenvalue weighted by atomic mass is 16.2. The molecule has 0 saturated heterocycles. The van der Waals surface area contributed by atoms with Gasteiger partial charge in [-0.1, -0.05) is 51.1 Å². The van der Waals surface area contributed by atoms with Crippen LogP contribution < -0.4 is 10.6 Å². The Labute approximate surface area is 236 Å². The highest BCUT2D eigenvalue weighted by Gasteiger charge is 2.22. The maximum atomic E-state index is 13.3. The van der Waals surface area contributed by atoms with Crippen molar-refractivity contribution < 1.29 is 9.59 Å². The van der Waals surface area contributed by atoms with Gasteiger partial charge in [0.25, 0.3) is 11.8 Å². The molecule has 40 heavy (non-hydrogen) atoms. The normalized spacial score (nSPS) is 11.2. The van der Waals surface area contributed by atoms with E-state index in [0.29, 0.717) is 30.2 Å². The molecule has 4 rings (SSSR count). The maximum Gasteiger partial charge on any atom is 0.255 e. The van der Waals surface area contributed by atoms with E-state index < -0.39 is 0 Å². The lowest BCUT2D eigenvalue weighted by molar-refractivity contribution is 0.0773. The fourth-order valence-corrected chi connectivity index (χ4v) is 4.66. The minimum absolute atomic E-state index is 0.0131. The second-order valence-corrected chi connectivity index (χ2v) is 10.7. The second-order valence-electron chi connectivity index (χ2n) is 10.7. The molecular weight excluding hydrogens is 498 g/mol. The summed E-state index contributed by atoms with van der Waals surface area (Å²) in [5.74, 6) is 0.311. The molecule has 0 bridgehead atoms. The first-order chi connectivity index (χ1) is 19.1. The molecule has 4 aromatic rings. The molecule has 7 heteroatoms. The van der Waals surface area contributed by atoms with Gasteiger partial charge in [0, 0.05) is 47.4 Å². The lowest BCUT2D eigenvalue weighted by Crippen LogP contribution is -2.30. The van der Waals surface area contributed by atoms with Crippen molar-refractivity contribution in [1.82, 2.24) is 14.9 Å². The molecule has 3 aromatic carbocycles. The zero-order chi connectivity index (χ0) is 28.9. The standard InChI is InChI=1S/C33H37N5O2/c1-7-38(8-2)31(40)23-16-18-24(19-17-23)35-32-34-21-20-29(37-32)25-13-11-15-28(22(25)3)36-30(39)26-12-9-10-14-27(26)33(4,5)6/h9-21H,7-8H2,1-6H3,(H,36,39)(H,34,35,37). The van der Waals surface area contributed by atoms with Gasteiger partial charge in [-0.15, -0.1) is 0 Å². The number of hydrogen-bond donors (Lipinski definition) is 2. The Balaban J connectivity index is 1.54. The van der Waals surface area contributed by atoms with E-state index in [9.17, 15) is 9.59 Å². The SMILES string of the molecule is CCN(CC)C(=O)c1ccc(Nc2nccc(-c3cccc(NC(=O)c4ccccc4C(C)(C)C)c3C)n2)cc1. The zero-order valence-corrected chi connectivity index (χ0v) is 24.1. The lowest BCUT2D eigenvalue weighted by atomic mass is 9.83. The van der Waals surface area contributed by atoms with Gasteiger partial charge in [-0.05, 0) is 79.8 Å². The van der Waals surface area contributed by atoms with Gasteiger partial charge in [-0.3, -0.25) is 9.59 Å². The lowest BCUT2D eigenvalue weighted by Gasteiger charge is -2.22. The number of aromatic nitrogens is 2. The van der Waals surface area contributed by atoms with Gasteiger partial charge < -0.3 is 15.5 Å². The minimum atomic E-state index is -0.156. The van der Waals surface area contributed by atoms with E-state index in [0.717, 1.165) is 33.8 Å². The summed E-state index contributed by atoms with van der Waals surface area (Å²) in [5.41, 5.74) is 6.20. The molecule has 0 saturated carbocycles. The molecule has 1 aromatic heterocycles. The molecule has 206 valence electrons. The van der Waals surface area contributed by atoms with Crippen LogP contribution in [0.5, 0.6) is 0 Å². The number of anilines is 3. The van der Waals surface area contributed by atoms with Crippen molar-refractivity contribution in [2.75, 3.05) is 23.7 Å². The average Bonchev–Trinajstić information content (AvgIpc) is 2.95. The molecule has 2 N–H and O–H groups in total. The van der Waals surface area contributed by atoms with Crippen molar-refractivity contribution in [1.29, 1.82) is 0 Å². The Bertz CT molecular complexity index is 1500. The molecule has 0 atom stereocenters. The van der Waals surface area contributed by atoms with Crippen LogP contribution in [0.15, 0.2) is 79.0 Å². The monoisotopic (exact) mass is 535 g/mol. The number of rotatable bonds is 8. The number of benzene rings is 3. The molecule has 7 nitrogen and oxygen atoms in total. The summed E-state index contributed by atoms with van der Waals surface area (Å²) in [4.78, 5) is 36.8. The largest absolute Gasteiger partial charge is 0.339 e. The van der Waals surface area contributed by atoms with Gasteiger partial charge in [0.15, 0.2) is 0 Å². The van der Waals surface area contributed by atoms with E-state index in [1.54, 1.807) is 23.2 Å². The Hall–Kier alpha value is -4.52. The Morgan fingerprint density at radius 3 is 2.25 bits per heavy atom. The second kappa shape index (κ2) is 12.1. The van der Waals surface area contributed by atoms with Crippen LogP contribution in [-0.4, -0.2) is 39.8 Å². The summed E-state index contributed by atoms with van der Waals surface area (Å²) >= 11 is 0. The van der Waals surface area contributed by atoms with Crippen LogP contribution in [0.25, 0.3) is 11.3 Å². The van der Waals surface area contributed by atoms with Crippen molar-refractivity contribution in [2.24, 2.45) is 0 Å². The first-order valence-electron chi connectivity index (χ1n) is 13.6. The minimum Gasteiger partial charge on any atom is -0.339 e. The van der Waals surface area contributed by atoms with Crippen LogP contribution in [0.2, 0.25) is 0 Å². The molecule has 0 aliphatic carbocycles. The fourth-order valence-electron chi connectivity index (χ4n) is 4.66. The van der Waals surface area contributed by atoms with Crippen molar-refractivity contribution in [3.05, 3.63) is 101 Å². The van der Waals surface area contributed by atoms with Crippen LogP contribution in [0.1, 0.15) is 66.5 Å². The molecule has 1 heterocycles.